The molecule has 0 aliphatic heterocycles. The average molecular weight is 354 g/mol. The lowest BCUT2D eigenvalue weighted by molar-refractivity contribution is -0.00569. The summed E-state index contributed by atoms with van der Waals surface area (Å²) in [6, 6.07) is 0. The second kappa shape index (κ2) is 9.56. The van der Waals surface area contributed by atoms with Crippen molar-refractivity contribution in [3.63, 3.8) is 0 Å². The van der Waals surface area contributed by atoms with Crippen LogP contribution in [0.15, 0.2) is 0 Å². The van der Waals surface area contributed by atoms with E-state index in [1.165, 1.54) is 38.5 Å². The normalized spacial score (nSPS) is 26.8. The first-order chi connectivity index (χ1) is 8.20. The highest BCUT2D eigenvalue weighted by Crippen LogP contribution is 2.25. The van der Waals surface area contributed by atoms with Gasteiger partial charge in [0.25, 0.3) is 0 Å². The topological polar surface area (TPSA) is 18.5 Å². The van der Waals surface area contributed by atoms with Gasteiger partial charge >= 0.3 is 0 Å². The van der Waals surface area contributed by atoms with E-state index in [-0.39, 0.29) is 0 Å². The van der Waals surface area contributed by atoms with E-state index < -0.39 is 0 Å². The molecule has 1 fully saturated rings. The summed E-state index contributed by atoms with van der Waals surface area (Å²) in [5.41, 5.74) is 0. The smallest absolute Gasteiger partial charge is 0.0704 e. The number of alkyl halides is 1. The van der Waals surface area contributed by atoms with E-state index in [4.69, 9.17) is 9.47 Å². The van der Waals surface area contributed by atoms with Gasteiger partial charge in [0.15, 0.2) is 0 Å². The molecule has 2 nitrogen and oxygen atoms in total. The van der Waals surface area contributed by atoms with E-state index in [9.17, 15) is 0 Å². The summed E-state index contributed by atoms with van der Waals surface area (Å²) in [6.07, 6.45) is 8.50. The highest BCUT2D eigenvalue weighted by Gasteiger charge is 2.20. The van der Waals surface area contributed by atoms with Gasteiger partial charge in [-0.25, -0.2) is 0 Å². The Hall–Kier alpha value is 0.650. The molecule has 1 rings (SSSR count). The second-order valence-electron chi connectivity index (χ2n) is 5.39. The first-order valence-electron chi connectivity index (χ1n) is 7.03. The lowest BCUT2D eigenvalue weighted by Gasteiger charge is -2.25. The molecule has 0 spiro atoms. The Balaban J connectivity index is 2.10. The van der Waals surface area contributed by atoms with Crippen molar-refractivity contribution in [2.45, 2.75) is 62.4 Å². The number of ether oxygens (including phenoxy) is 2. The first kappa shape index (κ1) is 15.7. The largest absolute Gasteiger partial charge is 0.379 e. The predicted octanol–water partition coefficient (Wildman–Crippen LogP) is 4.20. The molecule has 1 saturated carbocycles. The molecule has 102 valence electrons. The maximum absolute atomic E-state index is 5.98. The van der Waals surface area contributed by atoms with Gasteiger partial charge in [-0.05, 0) is 18.8 Å². The molecule has 0 saturated heterocycles. The molecule has 1 aliphatic carbocycles. The number of hydrogen-bond acceptors (Lipinski definition) is 2. The quantitative estimate of drug-likeness (QED) is 0.404. The Bertz CT molecular complexity index is 185. The van der Waals surface area contributed by atoms with Crippen LogP contribution in [0.5, 0.6) is 0 Å². The third kappa shape index (κ3) is 7.62. The van der Waals surface area contributed by atoms with E-state index in [0.29, 0.717) is 15.9 Å². The average Bonchev–Trinajstić information content (AvgIpc) is 2.26. The minimum absolute atomic E-state index is 0.457. The molecule has 0 aromatic carbocycles. The summed E-state index contributed by atoms with van der Waals surface area (Å²) < 4.78 is 12.2. The number of rotatable bonds is 6. The van der Waals surface area contributed by atoms with Crippen LogP contribution in [0.3, 0.4) is 0 Å². The molecule has 0 radical (unpaired) electrons. The second-order valence-corrected chi connectivity index (χ2v) is 6.99. The molecule has 0 aromatic rings. The Morgan fingerprint density at radius 3 is 2.47 bits per heavy atom. The van der Waals surface area contributed by atoms with Gasteiger partial charge in [-0.2, -0.15) is 0 Å². The molecule has 0 heterocycles. The van der Waals surface area contributed by atoms with Crippen molar-refractivity contribution in [2.75, 3.05) is 19.8 Å². The van der Waals surface area contributed by atoms with E-state index in [1.54, 1.807) is 0 Å². The first-order valence-corrected chi connectivity index (χ1v) is 8.28. The lowest BCUT2D eigenvalue weighted by atomic mass is 9.98. The van der Waals surface area contributed by atoms with E-state index in [1.807, 2.05) is 0 Å². The van der Waals surface area contributed by atoms with E-state index in [2.05, 4.69) is 36.4 Å². The fourth-order valence-electron chi connectivity index (χ4n) is 2.17. The third-order valence-corrected chi connectivity index (χ3v) is 4.56. The SMILES string of the molecule is CC(C)COCCOC1CCCCCCC1I. The van der Waals surface area contributed by atoms with Crippen molar-refractivity contribution in [3.8, 4) is 0 Å². The van der Waals surface area contributed by atoms with Crippen LogP contribution < -0.4 is 0 Å². The van der Waals surface area contributed by atoms with E-state index in [0.717, 1.165) is 19.8 Å². The lowest BCUT2D eigenvalue weighted by Crippen LogP contribution is -2.27. The van der Waals surface area contributed by atoms with E-state index >= 15 is 0 Å². The molecule has 17 heavy (non-hydrogen) atoms. The van der Waals surface area contributed by atoms with Crippen molar-refractivity contribution in [1.82, 2.24) is 0 Å². The van der Waals surface area contributed by atoms with Crippen LogP contribution in [-0.2, 0) is 9.47 Å². The van der Waals surface area contributed by atoms with Gasteiger partial charge in [0.1, 0.15) is 0 Å². The molecule has 2 atom stereocenters. The van der Waals surface area contributed by atoms with Crippen LogP contribution in [0.25, 0.3) is 0 Å². The Labute approximate surface area is 120 Å². The van der Waals surface area contributed by atoms with Crippen LogP contribution in [-0.4, -0.2) is 29.8 Å². The van der Waals surface area contributed by atoms with Gasteiger partial charge in [-0.3, -0.25) is 0 Å². The molecule has 1 aliphatic rings. The van der Waals surface area contributed by atoms with Crippen LogP contribution in [0.2, 0.25) is 0 Å². The molecule has 2 unspecified atom stereocenters. The van der Waals surface area contributed by atoms with Crippen molar-refractivity contribution >= 4 is 22.6 Å². The zero-order valence-corrected chi connectivity index (χ0v) is 13.4. The van der Waals surface area contributed by atoms with Crippen LogP contribution in [0.1, 0.15) is 52.4 Å². The maximum atomic E-state index is 5.98. The molecule has 3 heteroatoms. The maximum Gasteiger partial charge on any atom is 0.0704 e. The molecule has 0 bridgehead atoms. The van der Waals surface area contributed by atoms with Gasteiger partial charge in [0, 0.05) is 10.5 Å². The molecule has 0 N–H and O–H groups in total. The highest BCUT2D eigenvalue weighted by atomic mass is 127. The van der Waals surface area contributed by atoms with Crippen molar-refractivity contribution < 1.29 is 9.47 Å². The zero-order valence-electron chi connectivity index (χ0n) is 11.3. The van der Waals surface area contributed by atoms with Gasteiger partial charge in [-0.1, -0.05) is 62.1 Å². The Morgan fingerprint density at radius 2 is 1.76 bits per heavy atom. The summed E-state index contributed by atoms with van der Waals surface area (Å²) in [6.45, 7) is 6.71. The van der Waals surface area contributed by atoms with Gasteiger partial charge in [0.05, 0.1) is 19.3 Å². The molecule has 0 aromatic heterocycles. The summed E-state index contributed by atoms with van der Waals surface area (Å²) in [5.74, 6) is 0.619. The summed E-state index contributed by atoms with van der Waals surface area (Å²) >= 11 is 2.57. The van der Waals surface area contributed by atoms with Gasteiger partial charge < -0.3 is 9.47 Å². The van der Waals surface area contributed by atoms with Crippen molar-refractivity contribution in [3.05, 3.63) is 0 Å². The monoisotopic (exact) mass is 354 g/mol. The highest BCUT2D eigenvalue weighted by molar-refractivity contribution is 14.1. The zero-order chi connectivity index (χ0) is 12.5. The molecular formula is C14H27IO2. The fraction of sp³-hybridized carbons (Fsp3) is 1.00. The van der Waals surface area contributed by atoms with Crippen LogP contribution >= 0.6 is 22.6 Å². The van der Waals surface area contributed by atoms with Crippen LogP contribution in [0.4, 0.5) is 0 Å². The number of hydrogen-bond donors (Lipinski definition) is 0. The van der Waals surface area contributed by atoms with Crippen molar-refractivity contribution in [1.29, 1.82) is 0 Å². The predicted molar refractivity (Wildman–Crippen MR) is 80.9 cm³/mol. The fourth-order valence-corrected chi connectivity index (χ4v) is 3.18. The van der Waals surface area contributed by atoms with Crippen LogP contribution in [0, 0.1) is 5.92 Å². The third-order valence-electron chi connectivity index (χ3n) is 3.13. The summed E-state index contributed by atoms with van der Waals surface area (Å²) in [5, 5.41) is 0. The summed E-state index contributed by atoms with van der Waals surface area (Å²) in [4.78, 5) is 0. The van der Waals surface area contributed by atoms with Gasteiger partial charge in [-0.15, -0.1) is 0 Å². The summed E-state index contributed by atoms with van der Waals surface area (Å²) in [7, 11) is 0. The molecular weight excluding hydrogens is 327 g/mol. The molecule has 0 amide bonds. The minimum Gasteiger partial charge on any atom is -0.379 e. The van der Waals surface area contributed by atoms with Crippen molar-refractivity contribution in [2.24, 2.45) is 5.92 Å². The van der Waals surface area contributed by atoms with Gasteiger partial charge in [0.2, 0.25) is 0 Å². The minimum atomic E-state index is 0.457. The Morgan fingerprint density at radius 1 is 1.06 bits per heavy atom. The number of halogens is 1. The Kier molecular flexibility index (Phi) is 8.84. The standard InChI is InChI=1S/C14H27IO2/c1-12(2)11-16-9-10-17-14-8-6-4-3-5-7-13(14)15/h12-14H,3-11H2,1-2H3.